The minimum atomic E-state index is -1.25. The first-order valence-corrected chi connectivity index (χ1v) is 8.71. The van der Waals surface area contributed by atoms with Gasteiger partial charge in [0.05, 0.1) is 12.0 Å². The maximum atomic E-state index is 12.6. The number of aromatic nitrogens is 3. The molecule has 1 saturated carbocycles. The minimum Gasteiger partial charge on any atom is -0.480 e. The molecule has 2 fully saturated rings. The van der Waals surface area contributed by atoms with Gasteiger partial charge in [-0.05, 0) is 30.7 Å². The van der Waals surface area contributed by atoms with E-state index < -0.39 is 18.6 Å². The molecule has 1 saturated heterocycles. The summed E-state index contributed by atoms with van der Waals surface area (Å²) in [6, 6.07) is 0.694. The first-order valence-electron chi connectivity index (χ1n) is 8.71. The number of piperidine rings is 1. The molecule has 2 aliphatic rings. The normalized spacial score (nSPS) is 22.3. The number of carbonyl (C=O) groups is 2. The molecule has 0 bridgehead atoms. The standard InChI is InChI=1S/C17H21N5O4/c23-7-12(16(25)26)21-15(24)11-2-6-22(8-17(11)3-4-17)14-10-1-5-18-13(10)19-9-20-14/h1,5,9,11-12,23H,2-4,6-8H2,(H,21,24)(H,25,26)(H,18,19,20)/t11-,12?/m1/s1. The average Bonchev–Trinajstić information content (AvgIpc) is 3.20. The summed E-state index contributed by atoms with van der Waals surface area (Å²) in [6.45, 7) is 0.757. The number of rotatable bonds is 5. The monoisotopic (exact) mass is 359 g/mol. The molecule has 1 spiro atoms. The lowest BCUT2D eigenvalue weighted by atomic mass is 9.81. The van der Waals surface area contributed by atoms with Crippen molar-refractivity contribution in [3.8, 4) is 0 Å². The van der Waals surface area contributed by atoms with Gasteiger partial charge in [0.2, 0.25) is 5.91 Å². The Bertz CT molecular complexity index is 847. The lowest BCUT2D eigenvalue weighted by molar-refractivity contribution is -0.144. The van der Waals surface area contributed by atoms with Crippen molar-refractivity contribution in [1.82, 2.24) is 20.3 Å². The third-order valence-electron chi connectivity index (χ3n) is 5.57. The fourth-order valence-corrected chi connectivity index (χ4v) is 3.99. The van der Waals surface area contributed by atoms with Crippen LogP contribution in [-0.4, -0.2) is 62.8 Å². The fourth-order valence-electron chi connectivity index (χ4n) is 3.99. The predicted molar refractivity (Wildman–Crippen MR) is 92.5 cm³/mol. The van der Waals surface area contributed by atoms with Crippen LogP contribution in [0.5, 0.6) is 0 Å². The highest BCUT2D eigenvalue weighted by atomic mass is 16.4. The highest BCUT2D eigenvalue weighted by Crippen LogP contribution is 2.56. The molecule has 9 heteroatoms. The molecule has 9 nitrogen and oxygen atoms in total. The Morgan fingerprint density at radius 3 is 2.92 bits per heavy atom. The van der Waals surface area contributed by atoms with Crippen molar-refractivity contribution in [2.75, 3.05) is 24.6 Å². The number of hydrogen-bond donors (Lipinski definition) is 4. The molecular formula is C17H21N5O4. The van der Waals surface area contributed by atoms with E-state index in [1.165, 1.54) is 6.33 Å². The number of aromatic amines is 1. The van der Waals surface area contributed by atoms with Gasteiger partial charge in [0, 0.05) is 25.2 Å². The van der Waals surface area contributed by atoms with Crippen LogP contribution < -0.4 is 10.2 Å². The molecule has 0 aromatic carbocycles. The number of carboxylic acids is 1. The summed E-state index contributed by atoms with van der Waals surface area (Å²) in [7, 11) is 0. The number of amides is 1. The molecule has 1 aliphatic carbocycles. The van der Waals surface area contributed by atoms with Crippen LogP contribution in [0.2, 0.25) is 0 Å². The zero-order valence-electron chi connectivity index (χ0n) is 14.2. The Balaban J connectivity index is 1.51. The summed E-state index contributed by atoms with van der Waals surface area (Å²) in [5.74, 6) is -0.882. The molecule has 138 valence electrons. The van der Waals surface area contributed by atoms with Crippen LogP contribution in [0.1, 0.15) is 19.3 Å². The highest BCUT2D eigenvalue weighted by Gasteiger charge is 2.55. The molecular weight excluding hydrogens is 338 g/mol. The van der Waals surface area contributed by atoms with E-state index in [0.717, 1.165) is 29.7 Å². The van der Waals surface area contributed by atoms with Crippen molar-refractivity contribution in [3.63, 3.8) is 0 Å². The van der Waals surface area contributed by atoms with Gasteiger partial charge in [-0.2, -0.15) is 0 Å². The molecule has 3 heterocycles. The second kappa shape index (κ2) is 6.24. The third kappa shape index (κ3) is 2.78. The Hall–Kier alpha value is -2.68. The Kier molecular flexibility index (Phi) is 4.03. The molecule has 2 aromatic heterocycles. The molecule has 2 aromatic rings. The second-order valence-corrected chi connectivity index (χ2v) is 7.14. The van der Waals surface area contributed by atoms with Gasteiger partial charge in [-0.15, -0.1) is 0 Å². The van der Waals surface area contributed by atoms with Crippen molar-refractivity contribution < 1.29 is 19.8 Å². The van der Waals surface area contributed by atoms with Gasteiger partial charge in [0.1, 0.15) is 23.8 Å². The molecule has 4 rings (SSSR count). The van der Waals surface area contributed by atoms with E-state index in [2.05, 4.69) is 25.2 Å². The predicted octanol–water partition coefficient (Wildman–Crippen LogP) is 0.126. The van der Waals surface area contributed by atoms with Crippen LogP contribution in [0.15, 0.2) is 18.6 Å². The van der Waals surface area contributed by atoms with E-state index in [9.17, 15) is 9.59 Å². The van der Waals surface area contributed by atoms with E-state index in [4.69, 9.17) is 10.2 Å². The van der Waals surface area contributed by atoms with Gasteiger partial charge in [-0.1, -0.05) is 0 Å². The number of nitrogens with one attached hydrogen (secondary N) is 2. The van der Waals surface area contributed by atoms with Gasteiger partial charge in [-0.25, -0.2) is 14.8 Å². The van der Waals surface area contributed by atoms with Crippen LogP contribution in [0.4, 0.5) is 5.82 Å². The Labute approximate surface area is 149 Å². The van der Waals surface area contributed by atoms with Gasteiger partial charge in [0.15, 0.2) is 0 Å². The van der Waals surface area contributed by atoms with E-state index in [1.54, 1.807) is 0 Å². The van der Waals surface area contributed by atoms with Crippen molar-refractivity contribution in [2.24, 2.45) is 11.3 Å². The zero-order chi connectivity index (χ0) is 18.3. The molecule has 1 aliphatic heterocycles. The number of aliphatic hydroxyl groups is 1. The Morgan fingerprint density at radius 1 is 1.42 bits per heavy atom. The molecule has 0 radical (unpaired) electrons. The van der Waals surface area contributed by atoms with Gasteiger partial charge >= 0.3 is 5.97 Å². The van der Waals surface area contributed by atoms with E-state index in [0.29, 0.717) is 19.5 Å². The number of aliphatic hydroxyl groups excluding tert-OH is 1. The van der Waals surface area contributed by atoms with Gasteiger partial charge in [0.25, 0.3) is 0 Å². The van der Waals surface area contributed by atoms with E-state index in [1.807, 2.05) is 12.3 Å². The summed E-state index contributed by atoms with van der Waals surface area (Å²) in [4.78, 5) is 37.6. The third-order valence-corrected chi connectivity index (χ3v) is 5.57. The van der Waals surface area contributed by atoms with Crippen molar-refractivity contribution in [3.05, 3.63) is 18.6 Å². The maximum Gasteiger partial charge on any atom is 0.328 e. The van der Waals surface area contributed by atoms with Crippen LogP contribution >= 0.6 is 0 Å². The SMILES string of the molecule is O=C(O)C(CO)NC(=O)[C@H]1CCN(c2ncnc3[nH]ccc23)CC12CC2. The van der Waals surface area contributed by atoms with Crippen molar-refractivity contribution in [1.29, 1.82) is 0 Å². The lowest BCUT2D eigenvalue weighted by Crippen LogP contribution is -2.52. The van der Waals surface area contributed by atoms with Crippen molar-refractivity contribution >= 4 is 28.7 Å². The fraction of sp³-hybridized carbons (Fsp3) is 0.529. The zero-order valence-corrected chi connectivity index (χ0v) is 14.2. The number of aliphatic carboxylic acids is 1. The number of fused-ring (bicyclic) bond motifs is 1. The van der Waals surface area contributed by atoms with Gasteiger partial charge in [-0.3, -0.25) is 4.79 Å². The summed E-state index contributed by atoms with van der Waals surface area (Å²) >= 11 is 0. The number of anilines is 1. The van der Waals surface area contributed by atoms with Crippen LogP contribution in [-0.2, 0) is 9.59 Å². The summed E-state index contributed by atoms with van der Waals surface area (Å²) in [6.07, 6.45) is 5.85. The van der Waals surface area contributed by atoms with Crippen LogP contribution in [0.25, 0.3) is 11.0 Å². The summed E-state index contributed by atoms with van der Waals surface area (Å²) in [5.41, 5.74) is 0.640. The Morgan fingerprint density at radius 2 is 2.23 bits per heavy atom. The number of carbonyl (C=O) groups excluding carboxylic acids is 1. The largest absolute Gasteiger partial charge is 0.480 e. The minimum absolute atomic E-state index is 0.144. The highest BCUT2D eigenvalue weighted by molar-refractivity contribution is 5.88. The maximum absolute atomic E-state index is 12.6. The number of carboxylic acid groups (broad SMARTS) is 1. The first kappa shape index (κ1) is 16.8. The van der Waals surface area contributed by atoms with Crippen LogP contribution in [0.3, 0.4) is 0 Å². The first-order chi connectivity index (χ1) is 12.5. The molecule has 26 heavy (non-hydrogen) atoms. The van der Waals surface area contributed by atoms with Crippen LogP contribution in [0, 0.1) is 11.3 Å². The topological polar surface area (TPSA) is 131 Å². The number of nitrogens with zero attached hydrogens (tertiary/aromatic N) is 3. The summed E-state index contributed by atoms with van der Waals surface area (Å²) < 4.78 is 0. The van der Waals surface area contributed by atoms with E-state index in [-0.39, 0.29) is 17.2 Å². The molecule has 4 N–H and O–H groups in total. The molecule has 2 atom stereocenters. The number of hydrogen-bond acceptors (Lipinski definition) is 6. The quantitative estimate of drug-likeness (QED) is 0.596. The lowest BCUT2D eigenvalue weighted by Gasteiger charge is -2.39. The van der Waals surface area contributed by atoms with E-state index >= 15 is 0 Å². The van der Waals surface area contributed by atoms with Gasteiger partial charge < -0.3 is 25.4 Å². The second-order valence-electron chi connectivity index (χ2n) is 7.14. The van der Waals surface area contributed by atoms with Crippen molar-refractivity contribution in [2.45, 2.75) is 25.3 Å². The summed E-state index contributed by atoms with van der Waals surface area (Å²) in [5, 5.41) is 21.6. The average molecular weight is 359 g/mol. The molecule has 1 amide bonds. The molecule has 1 unspecified atom stereocenters. The number of H-pyrrole nitrogens is 1. The smallest absolute Gasteiger partial charge is 0.328 e.